The van der Waals surface area contributed by atoms with Crippen LogP contribution in [0.5, 0.6) is 0 Å². The standard InChI is InChI=1S/C21H21FN2O2/c22-18-9-5-4-6-16(18)14-19-20(15-10-12-24(19)13-11-15)26-21(25)23-17-7-2-1-3-8-17/h1-9,14-15,20H,10-13H2,(H,23,25)/t20-/m0/s1. The van der Waals surface area contributed by atoms with E-state index in [2.05, 4.69) is 10.2 Å². The first-order valence-corrected chi connectivity index (χ1v) is 8.94. The highest BCUT2D eigenvalue weighted by atomic mass is 19.1. The molecule has 1 amide bonds. The van der Waals surface area contributed by atoms with Gasteiger partial charge in [-0.15, -0.1) is 0 Å². The predicted octanol–water partition coefficient (Wildman–Crippen LogP) is 4.51. The van der Waals surface area contributed by atoms with Gasteiger partial charge in [-0.25, -0.2) is 9.18 Å². The summed E-state index contributed by atoms with van der Waals surface area (Å²) >= 11 is 0. The van der Waals surface area contributed by atoms with Crippen molar-refractivity contribution < 1.29 is 13.9 Å². The molecule has 3 aliphatic rings. The Hall–Kier alpha value is -2.82. The van der Waals surface area contributed by atoms with Crippen molar-refractivity contribution in [1.82, 2.24) is 4.90 Å². The second kappa shape index (κ2) is 7.20. The van der Waals surface area contributed by atoms with Gasteiger partial charge >= 0.3 is 6.09 Å². The summed E-state index contributed by atoms with van der Waals surface area (Å²) in [7, 11) is 0. The Balaban J connectivity index is 1.56. The Morgan fingerprint density at radius 2 is 1.77 bits per heavy atom. The number of benzene rings is 2. The molecule has 1 atom stereocenters. The first-order chi connectivity index (χ1) is 12.7. The van der Waals surface area contributed by atoms with Crippen molar-refractivity contribution in [3.05, 3.63) is 71.7 Å². The number of ether oxygens (including phenoxy) is 1. The molecule has 3 aliphatic heterocycles. The molecular weight excluding hydrogens is 331 g/mol. The zero-order valence-electron chi connectivity index (χ0n) is 14.4. The van der Waals surface area contributed by atoms with Crippen LogP contribution < -0.4 is 5.32 Å². The molecule has 0 saturated carbocycles. The van der Waals surface area contributed by atoms with Crippen molar-refractivity contribution in [1.29, 1.82) is 0 Å². The second-order valence-corrected chi connectivity index (χ2v) is 6.73. The first kappa shape index (κ1) is 16.6. The van der Waals surface area contributed by atoms with Crippen molar-refractivity contribution in [3.8, 4) is 0 Å². The van der Waals surface area contributed by atoms with Gasteiger partial charge in [0.15, 0.2) is 0 Å². The van der Waals surface area contributed by atoms with Gasteiger partial charge in [0.2, 0.25) is 0 Å². The third-order valence-electron chi connectivity index (χ3n) is 5.09. The van der Waals surface area contributed by atoms with Crippen LogP contribution >= 0.6 is 0 Å². The number of nitrogens with zero attached hydrogens (tertiary/aromatic N) is 1. The first-order valence-electron chi connectivity index (χ1n) is 8.94. The number of rotatable bonds is 3. The largest absolute Gasteiger partial charge is 0.439 e. The van der Waals surface area contributed by atoms with Crippen LogP contribution in [0.2, 0.25) is 0 Å². The minimum Gasteiger partial charge on any atom is -0.439 e. The van der Waals surface area contributed by atoms with E-state index in [1.807, 2.05) is 42.5 Å². The average molecular weight is 352 g/mol. The van der Waals surface area contributed by atoms with Crippen LogP contribution in [0.15, 0.2) is 60.3 Å². The number of para-hydroxylation sites is 1. The lowest BCUT2D eigenvalue weighted by Gasteiger charge is -2.47. The van der Waals surface area contributed by atoms with E-state index in [9.17, 15) is 9.18 Å². The minimum absolute atomic E-state index is 0.268. The molecule has 134 valence electrons. The Labute approximate surface area is 152 Å². The SMILES string of the molecule is O=C(Nc1ccccc1)O[C@@H]1C(=Cc2ccccc2F)N2CCC1CC2. The number of piperidine rings is 3. The molecule has 3 fully saturated rings. The molecule has 1 N–H and O–H groups in total. The fourth-order valence-corrected chi connectivity index (χ4v) is 3.75. The molecule has 0 radical (unpaired) electrons. The van der Waals surface area contributed by atoms with Gasteiger partial charge in [-0.05, 0) is 37.1 Å². The summed E-state index contributed by atoms with van der Waals surface area (Å²) in [5.74, 6) is 0.00896. The molecule has 5 heteroatoms. The van der Waals surface area contributed by atoms with Crippen molar-refractivity contribution in [2.24, 2.45) is 5.92 Å². The van der Waals surface area contributed by atoms with Crippen LogP contribution in [0.25, 0.3) is 6.08 Å². The number of amides is 1. The number of halogens is 1. The van der Waals surface area contributed by atoms with E-state index in [-0.39, 0.29) is 17.8 Å². The van der Waals surface area contributed by atoms with Crippen LogP contribution in [0.3, 0.4) is 0 Å². The number of carbonyl (C=O) groups excluding carboxylic acids is 1. The van der Waals surface area contributed by atoms with E-state index in [1.54, 1.807) is 12.1 Å². The van der Waals surface area contributed by atoms with Gasteiger partial charge in [-0.1, -0.05) is 36.4 Å². The highest BCUT2D eigenvalue weighted by Crippen LogP contribution is 2.38. The third-order valence-corrected chi connectivity index (χ3v) is 5.09. The zero-order valence-corrected chi connectivity index (χ0v) is 14.4. The van der Waals surface area contributed by atoms with E-state index >= 15 is 0 Å². The maximum atomic E-state index is 14.1. The quantitative estimate of drug-likeness (QED) is 0.884. The maximum absolute atomic E-state index is 14.1. The molecule has 0 unspecified atom stereocenters. The molecule has 5 rings (SSSR count). The molecule has 0 aromatic heterocycles. The summed E-state index contributed by atoms with van der Waals surface area (Å²) in [5.41, 5.74) is 2.10. The monoisotopic (exact) mass is 352 g/mol. The number of nitrogens with one attached hydrogen (secondary N) is 1. The van der Waals surface area contributed by atoms with E-state index in [1.165, 1.54) is 6.07 Å². The molecule has 0 spiro atoms. The topological polar surface area (TPSA) is 41.6 Å². The summed E-state index contributed by atoms with van der Waals surface area (Å²) in [6.45, 7) is 1.84. The predicted molar refractivity (Wildman–Crippen MR) is 99.0 cm³/mol. The Morgan fingerprint density at radius 1 is 1.08 bits per heavy atom. The lowest BCUT2D eigenvalue weighted by Crippen LogP contribution is -2.50. The van der Waals surface area contributed by atoms with Gasteiger partial charge in [0.1, 0.15) is 11.9 Å². The van der Waals surface area contributed by atoms with Crippen LogP contribution in [-0.2, 0) is 4.74 Å². The fraction of sp³-hybridized carbons (Fsp3) is 0.286. The Kier molecular flexibility index (Phi) is 4.61. The zero-order chi connectivity index (χ0) is 17.9. The van der Waals surface area contributed by atoms with Crippen LogP contribution in [-0.4, -0.2) is 30.2 Å². The van der Waals surface area contributed by atoms with Crippen molar-refractivity contribution in [3.63, 3.8) is 0 Å². The van der Waals surface area contributed by atoms with Gasteiger partial charge in [-0.2, -0.15) is 0 Å². The lowest BCUT2D eigenvalue weighted by molar-refractivity contribution is 0.0103. The van der Waals surface area contributed by atoms with Gasteiger partial charge < -0.3 is 9.64 Å². The number of anilines is 1. The molecule has 3 saturated heterocycles. The highest BCUT2D eigenvalue weighted by molar-refractivity contribution is 5.84. The molecule has 2 aromatic rings. The van der Waals surface area contributed by atoms with E-state index < -0.39 is 6.09 Å². The summed E-state index contributed by atoms with van der Waals surface area (Å²) in [5, 5.41) is 2.76. The van der Waals surface area contributed by atoms with E-state index in [0.29, 0.717) is 11.3 Å². The summed E-state index contributed by atoms with van der Waals surface area (Å²) in [6, 6.07) is 15.9. The minimum atomic E-state index is -0.477. The third kappa shape index (κ3) is 3.43. The normalized spacial score (nSPS) is 23.1. The van der Waals surface area contributed by atoms with Crippen LogP contribution in [0.4, 0.5) is 14.9 Å². The molecule has 26 heavy (non-hydrogen) atoms. The smallest absolute Gasteiger partial charge is 0.412 e. The molecule has 0 aliphatic carbocycles. The number of carbonyl (C=O) groups is 1. The average Bonchev–Trinajstić information content (AvgIpc) is 2.67. The highest BCUT2D eigenvalue weighted by Gasteiger charge is 2.40. The summed E-state index contributed by atoms with van der Waals surface area (Å²) in [6.07, 6.45) is 2.96. The van der Waals surface area contributed by atoms with Gasteiger partial charge in [0.05, 0.1) is 5.70 Å². The molecular formula is C21H21FN2O2. The summed E-state index contributed by atoms with van der Waals surface area (Å²) < 4.78 is 19.9. The lowest BCUT2D eigenvalue weighted by atomic mass is 9.82. The maximum Gasteiger partial charge on any atom is 0.412 e. The van der Waals surface area contributed by atoms with E-state index in [4.69, 9.17) is 4.74 Å². The Morgan fingerprint density at radius 3 is 2.50 bits per heavy atom. The molecule has 4 nitrogen and oxygen atoms in total. The Bertz CT molecular complexity index is 814. The van der Waals surface area contributed by atoms with Crippen molar-refractivity contribution >= 4 is 17.9 Å². The fourth-order valence-electron chi connectivity index (χ4n) is 3.75. The van der Waals surface area contributed by atoms with Crippen LogP contribution in [0, 0.1) is 11.7 Å². The van der Waals surface area contributed by atoms with E-state index in [0.717, 1.165) is 31.6 Å². The second-order valence-electron chi connectivity index (χ2n) is 6.73. The summed E-state index contributed by atoms with van der Waals surface area (Å²) in [4.78, 5) is 14.6. The number of hydrogen-bond donors (Lipinski definition) is 1. The number of fused-ring (bicyclic) bond motifs is 3. The molecule has 3 heterocycles. The number of hydrogen-bond acceptors (Lipinski definition) is 3. The van der Waals surface area contributed by atoms with Crippen LogP contribution in [0.1, 0.15) is 18.4 Å². The molecule has 2 bridgehead atoms. The van der Waals surface area contributed by atoms with Gasteiger partial charge in [-0.3, -0.25) is 5.32 Å². The molecule has 2 aromatic carbocycles. The van der Waals surface area contributed by atoms with Crippen molar-refractivity contribution in [2.45, 2.75) is 18.9 Å². The van der Waals surface area contributed by atoms with Gasteiger partial charge in [0.25, 0.3) is 0 Å². The van der Waals surface area contributed by atoms with Gasteiger partial charge in [0, 0.05) is 30.3 Å². The van der Waals surface area contributed by atoms with Crippen molar-refractivity contribution in [2.75, 3.05) is 18.4 Å².